The highest BCUT2D eigenvalue weighted by Gasteiger charge is 2.34. The van der Waals surface area contributed by atoms with E-state index in [1.807, 2.05) is 0 Å². The second-order valence-corrected chi connectivity index (χ2v) is 3.85. The molecule has 2 aromatic heterocycles. The summed E-state index contributed by atoms with van der Waals surface area (Å²) >= 11 is 0. The minimum atomic E-state index is -4.50. The minimum absolute atomic E-state index is 0.0409. The van der Waals surface area contributed by atoms with Crippen LogP contribution < -0.4 is 5.56 Å². The van der Waals surface area contributed by atoms with E-state index < -0.39 is 17.3 Å². The van der Waals surface area contributed by atoms with Crippen molar-refractivity contribution in [2.75, 3.05) is 0 Å². The standard InChI is InChI=1S/C11H10F3N3O/c1-3-7-6(11(12,13)14)4-8-9(17-7)10(18)16-5(2)15-8/h4H,3H2,1-2H3,(H,15,16,18). The summed E-state index contributed by atoms with van der Waals surface area (Å²) in [5, 5.41) is 0. The molecule has 0 unspecified atom stereocenters. The molecule has 0 radical (unpaired) electrons. The van der Waals surface area contributed by atoms with Crippen LogP contribution in [0.25, 0.3) is 11.0 Å². The predicted octanol–water partition coefficient (Wildman–Crippen LogP) is 2.21. The Morgan fingerprint density at radius 2 is 2.00 bits per heavy atom. The Labute approximate surface area is 99.9 Å². The number of nitrogens with one attached hydrogen (secondary N) is 1. The third-order valence-electron chi connectivity index (χ3n) is 2.52. The van der Waals surface area contributed by atoms with Crippen LogP contribution in [0.2, 0.25) is 0 Å². The SMILES string of the molecule is CCc1nc2c(=O)[nH]c(C)nc2cc1C(F)(F)F. The Morgan fingerprint density at radius 1 is 1.33 bits per heavy atom. The fourth-order valence-corrected chi connectivity index (χ4v) is 1.74. The first-order valence-corrected chi connectivity index (χ1v) is 5.30. The van der Waals surface area contributed by atoms with Crippen molar-refractivity contribution < 1.29 is 13.2 Å². The van der Waals surface area contributed by atoms with Crippen molar-refractivity contribution in [3.63, 3.8) is 0 Å². The zero-order chi connectivity index (χ0) is 13.5. The van der Waals surface area contributed by atoms with Gasteiger partial charge >= 0.3 is 6.18 Å². The average molecular weight is 257 g/mol. The Balaban J connectivity index is 2.86. The van der Waals surface area contributed by atoms with Crippen LogP contribution in [0.3, 0.4) is 0 Å². The lowest BCUT2D eigenvalue weighted by molar-refractivity contribution is -0.138. The molecule has 0 aliphatic rings. The van der Waals surface area contributed by atoms with E-state index >= 15 is 0 Å². The Hall–Kier alpha value is -1.92. The molecule has 2 rings (SSSR count). The van der Waals surface area contributed by atoms with E-state index in [1.54, 1.807) is 6.92 Å². The van der Waals surface area contributed by atoms with Gasteiger partial charge in [-0.3, -0.25) is 4.79 Å². The van der Waals surface area contributed by atoms with Gasteiger partial charge in [-0.25, -0.2) is 9.97 Å². The van der Waals surface area contributed by atoms with Gasteiger partial charge in [-0.2, -0.15) is 13.2 Å². The van der Waals surface area contributed by atoms with Crippen LogP contribution in [0.1, 0.15) is 24.0 Å². The second-order valence-electron chi connectivity index (χ2n) is 3.85. The zero-order valence-corrected chi connectivity index (χ0v) is 9.72. The number of rotatable bonds is 1. The molecular weight excluding hydrogens is 247 g/mol. The van der Waals surface area contributed by atoms with Gasteiger partial charge in [0.2, 0.25) is 0 Å². The normalized spacial score (nSPS) is 12.1. The number of aromatic amines is 1. The van der Waals surface area contributed by atoms with Crippen LogP contribution >= 0.6 is 0 Å². The van der Waals surface area contributed by atoms with Crippen LogP contribution in [0.5, 0.6) is 0 Å². The summed E-state index contributed by atoms with van der Waals surface area (Å²) in [5.74, 6) is 0.256. The summed E-state index contributed by atoms with van der Waals surface area (Å²) in [4.78, 5) is 21.6. The molecule has 0 spiro atoms. The second kappa shape index (κ2) is 4.08. The summed E-state index contributed by atoms with van der Waals surface area (Å²) in [7, 11) is 0. The molecule has 0 atom stereocenters. The Bertz CT molecular complexity index is 661. The molecule has 7 heteroatoms. The Morgan fingerprint density at radius 3 is 2.56 bits per heavy atom. The topological polar surface area (TPSA) is 58.6 Å². The third-order valence-corrected chi connectivity index (χ3v) is 2.52. The van der Waals surface area contributed by atoms with E-state index in [9.17, 15) is 18.0 Å². The third kappa shape index (κ3) is 2.07. The summed E-state index contributed by atoms with van der Waals surface area (Å²) in [5.41, 5.74) is -1.62. The number of hydrogen-bond acceptors (Lipinski definition) is 3. The zero-order valence-electron chi connectivity index (χ0n) is 9.72. The molecule has 2 aromatic rings. The molecule has 96 valence electrons. The van der Waals surface area contributed by atoms with Gasteiger partial charge in [-0.05, 0) is 19.4 Å². The predicted molar refractivity (Wildman–Crippen MR) is 59.3 cm³/mol. The first kappa shape index (κ1) is 12.5. The summed E-state index contributed by atoms with van der Waals surface area (Å²) in [6.45, 7) is 3.06. The molecule has 0 amide bonds. The maximum atomic E-state index is 12.8. The van der Waals surface area contributed by atoms with Crippen molar-refractivity contribution in [1.82, 2.24) is 15.0 Å². The van der Waals surface area contributed by atoms with Crippen molar-refractivity contribution in [3.05, 3.63) is 33.5 Å². The maximum Gasteiger partial charge on any atom is 0.418 e. The van der Waals surface area contributed by atoms with Crippen molar-refractivity contribution in [2.45, 2.75) is 26.4 Å². The highest BCUT2D eigenvalue weighted by atomic mass is 19.4. The molecule has 1 N–H and O–H groups in total. The first-order chi connectivity index (χ1) is 8.32. The summed E-state index contributed by atoms with van der Waals surface area (Å²) in [6, 6.07) is 0.878. The van der Waals surface area contributed by atoms with Gasteiger partial charge in [0, 0.05) is 0 Å². The lowest BCUT2D eigenvalue weighted by atomic mass is 10.1. The molecule has 0 saturated carbocycles. The number of H-pyrrole nitrogens is 1. The van der Waals surface area contributed by atoms with E-state index in [4.69, 9.17) is 0 Å². The summed E-state index contributed by atoms with van der Waals surface area (Å²) in [6.07, 6.45) is -4.40. The number of aromatic nitrogens is 3. The van der Waals surface area contributed by atoms with E-state index in [0.29, 0.717) is 0 Å². The van der Waals surface area contributed by atoms with E-state index in [1.165, 1.54) is 6.92 Å². The first-order valence-electron chi connectivity index (χ1n) is 5.30. The number of alkyl halides is 3. The molecule has 18 heavy (non-hydrogen) atoms. The van der Waals surface area contributed by atoms with Crippen LogP contribution in [-0.4, -0.2) is 15.0 Å². The van der Waals surface area contributed by atoms with Gasteiger partial charge in [0.25, 0.3) is 5.56 Å². The molecule has 0 aliphatic heterocycles. The lowest BCUT2D eigenvalue weighted by Crippen LogP contribution is -2.16. The van der Waals surface area contributed by atoms with Gasteiger partial charge < -0.3 is 4.98 Å². The summed E-state index contributed by atoms with van der Waals surface area (Å²) < 4.78 is 38.4. The van der Waals surface area contributed by atoms with Gasteiger partial charge in [-0.15, -0.1) is 0 Å². The molecule has 0 bridgehead atoms. The average Bonchev–Trinajstić information content (AvgIpc) is 2.26. The Kier molecular flexibility index (Phi) is 2.84. The largest absolute Gasteiger partial charge is 0.418 e. The van der Waals surface area contributed by atoms with Crippen molar-refractivity contribution >= 4 is 11.0 Å². The van der Waals surface area contributed by atoms with Crippen molar-refractivity contribution in [2.24, 2.45) is 0 Å². The lowest BCUT2D eigenvalue weighted by Gasteiger charge is -2.11. The molecule has 2 heterocycles. The van der Waals surface area contributed by atoms with E-state index in [0.717, 1.165) is 6.07 Å². The number of fused-ring (bicyclic) bond motifs is 1. The fraction of sp³-hybridized carbons (Fsp3) is 0.364. The van der Waals surface area contributed by atoms with Gasteiger partial charge in [0.15, 0.2) is 5.52 Å². The van der Waals surface area contributed by atoms with Crippen molar-refractivity contribution in [1.29, 1.82) is 0 Å². The molecular formula is C11H10F3N3O. The van der Waals surface area contributed by atoms with Crippen molar-refractivity contribution in [3.8, 4) is 0 Å². The fourth-order valence-electron chi connectivity index (χ4n) is 1.74. The van der Waals surface area contributed by atoms with Gasteiger partial charge in [0.05, 0.1) is 16.8 Å². The number of nitrogens with zero attached hydrogens (tertiary/aromatic N) is 2. The highest BCUT2D eigenvalue weighted by molar-refractivity contribution is 5.74. The number of aryl methyl sites for hydroxylation is 2. The van der Waals surface area contributed by atoms with Crippen LogP contribution in [0.15, 0.2) is 10.9 Å². The van der Waals surface area contributed by atoms with Gasteiger partial charge in [0.1, 0.15) is 5.82 Å². The number of hydrogen-bond donors (Lipinski definition) is 1. The van der Waals surface area contributed by atoms with Crippen LogP contribution in [-0.2, 0) is 12.6 Å². The highest BCUT2D eigenvalue weighted by Crippen LogP contribution is 2.32. The molecule has 4 nitrogen and oxygen atoms in total. The number of halogens is 3. The minimum Gasteiger partial charge on any atom is -0.309 e. The molecule has 0 saturated heterocycles. The molecule has 0 aromatic carbocycles. The monoisotopic (exact) mass is 257 g/mol. The maximum absolute atomic E-state index is 12.8. The molecule has 0 fully saturated rings. The van der Waals surface area contributed by atoms with Crippen LogP contribution in [0.4, 0.5) is 13.2 Å². The van der Waals surface area contributed by atoms with Gasteiger partial charge in [-0.1, -0.05) is 6.92 Å². The number of pyridine rings is 1. The molecule has 0 aliphatic carbocycles. The smallest absolute Gasteiger partial charge is 0.309 e. The van der Waals surface area contributed by atoms with E-state index in [2.05, 4.69) is 15.0 Å². The quantitative estimate of drug-likeness (QED) is 0.852. The van der Waals surface area contributed by atoms with Crippen LogP contribution in [0, 0.1) is 6.92 Å². The van der Waals surface area contributed by atoms with E-state index in [-0.39, 0.29) is 29.0 Å².